The molecule has 22 heteroatoms. The average Bonchev–Trinajstić information content (AvgIpc) is 1.43. The molecule has 11 aromatic rings. The van der Waals surface area contributed by atoms with E-state index in [1.165, 1.54) is 39.4 Å². The number of hydrogen-bond acceptors (Lipinski definition) is 20. The van der Waals surface area contributed by atoms with Crippen molar-refractivity contribution in [2.45, 2.75) is 130 Å². The fourth-order valence-corrected chi connectivity index (χ4v) is 13.2. The van der Waals surface area contributed by atoms with Crippen LogP contribution in [-0.2, 0) is 14.9 Å². The number of azo groups is 2. The van der Waals surface area contributed by atoms with Crippen molar-refractivity contribution < 1.29 is 9.53 Å². The summed E-state index contributed by atoms with van der Waals surface area (Å²) in [6, 6.07) is 35.1. The standard InChI is InChI=1S/C41H41N9O2S.C36H40N10/c1-9-35(51)52-16-12-15-49(38-29(7)19-25(3)20-30(38)8)34-21-28(6)37(39(45-34)46-36-26(4)17-24(2)18-27(36)5)47-48-40-31(22-42)23-43-50(40)41-44-32-13-10-11-14-33(32)53-41;1-20-14-22(3)29(23(4)15-20)40-28-18-26(7)31(33(41-28)42-30-24(5)16-21(2)17-25(30)6)43-44-34-27(19-37)32(36(8,9)10)45-46(34)35-38-12-11-13-39-35/h9-11,13-14,17-21,23H,1,12,15-16H2,2-8H3,(H,45,46);11-18H,1-10H3,(H2,40,41,42). The molecule has 0 bridgehead atoms. The number of nitrogens with zero attached hydrogens (tertiary/aromatic N) is 16. The summed E-state index contributed by atoms with van der Waals surface area (Å²) < 4.78 is 9.36. The van der Waals surface area contributed by atoms with E-state index in [0.717, 1.165) is 99.7 Å². The molecule has 0 radical (unpaired) electrons. The van der Waals surface area contributed by atoms with E-state index >= 15 is 0 Å². The summed E-state index contributed by atoms with van der Waals surface area (Å²) in [7, 11) is 0. The molecule has 3 N–H and O–H groups in total. The van der Waals surface area contributed by atoms with Gasteiger partial charge in [-0.1, -0.05) is 122 Å². The Hall–Kier alpha value is -11.6. The molecule has 5 aromatic carbocycles. The molecule has 0 fully saturated rings. The van der Waals surface area contributed by atoms with Gasteiger partial charge < -0.3 is 25.6 Å². The van der Waals surface area contributed by atoms with E-state index in [2.05, 4.69) is 196 Å². The van der Waals surface area contributed by atoms with E-state index in [-0.39, 0.29) is 23.8 Å². The van der Waals surface area contributed by atoms with E-state index in [0.29, 0.717) is 69.9 Å². The lowest BCUT2D eigenvalue weighted by atomic mass is 9.90. The van der Waals surface area contributed by atoms with Crippen molar-refractivity contribution in [2.75, 3.05) is 34.0 Å². The van der Waals surface area contributed by atoms with Gasteiger partial charge in [0.25, 0.3) is 5.95 Å². The number of benzene rings is 5. The van der Waals surface area contributed by atoms with Crippen molar-refractivity contribution in [3.05, 3.63) is 217 Å². The summed E-state index contributed by atoms with van der Waals surface area (Å²) in [6.07, 6.45) is 6.45. The van der Waals surface area contributed by atoms with E-state index in [4.69, 9.17) is 35.0 Å². The quantitative estimate of drug-likeness (QED) is 0.0294. The first-order valence-electron chi connectivity index (χ1n) is 32.4. The normalized spacial score (nSPS) is 11.4. The van der Waals surface area contributed by atoms with Crippen molar-refractivity contribution in [3.8, 4) is 23.2 Å². The van der Waals surface area contributed by atoms with E-state index in [9.17, 15) is 15.3 Å². The van der Waals surface area contributed by atoms with Gasteiger partial charge in [0.1, 0.15) is 46.3 Å². The smallest absolute Gasteiger partial charge is 0.330 e. The molecule has 11 rings (SSSR count). The lowest BCUT2D eigenvalue weighted by Gasteiger charge is -2.29. The highest BCUT2D eigenvalue weighted by Crippen LogP contribution is 2.43. The molecule has 21 nitrogen and oxygen atoms in total. The van der Waals surface area contributed by atoms with Crippen molar-refractivity contribution in [1.29, 1.82) is 10.5 Å². The van der Waals surface area contributed by atoms with Gasteiger partial charge in [0.05, 0.1) is 28.7 Å². The number of fused-ring (bicyclic) bond motifs is 1. The number of carbonyl (C=O) groups excluding carboxylic acids is 1. The molecule has 0 aliphatic carbocycles. The number of nitriles is 2. The highest BCUT2D eigenvalue weighted by molar-refractivity contribution is 7.20. The van der Waals surface area contributed by atoms with E-state index in [1.54, 1.807) is 23.1 Å². The van der Waals surface area contributed by atoms with Gasteiger partial charge in [-0.2, -0.15) is 30.1 Å². The molecule has 6 aromatic heterocycles. The van der Waals surface area contributed by atoms with Crippen LogP contribution in [-0.4, -0.2) is 63.6 Å². The van der Waals surface area contributed by atoms with Crippen LogP contribution >= 0.6 is 11.3 Å². The van der Waals surface area contributed by atoms with Crippen LogP contribution in [0.4, 0.5) is 69.0 Å². The minimum Gasteiger partial charge on any atom is -0.462 e. The molecule has 0 aliphatic rings. The van der Waals surface area contributed by atoms with Crippen LogP contribution < -0.4 is 20.9 Å². The summed E-state index contributed by atoms with van der Waals surface area (Å²) >= 11 is 1.45. The Morgan fingerprint density at radius 1 is 0.616 bits per heavy atom. The maximum absolute atomic E-state index is 11.8. The summed E-state index contributed by atoms with van der Waals surface area (Å²) in [5.41, 5.74) is 21.6. The fourth-order valence-electron chi connectivity index (χ4n) is 12.3. The molecule has 0 spiro atoms. The zero-order valence-electron chi connectivity index (χ0n) is 59.2. The zero-order chi connectivity index (χ0) is 71.1. The van der Waals surface area contributed by atoms with Crippen LogP contribution in [0.5, 0.6) is 0 Å². The number of hydrogen-bond donors (Lipinski definition) is 3. The maximum Gasteiger partial charge on any atom is 0.330 e. The second kappa shape index (κ2) is 29.8. The average molecular weight is 1340 g/mol. The van der Waals surface area contributed by atoms with Crippen molar-refractivity contribution >= 4 is 96.6 Å². The summed E-state index contributed by atoms with van der Waals surface area (Å²) in [6.45, 7) is 39.2. The number of nitrogens with one attached hydrogen (secondary N) is 3. The molecule has 502 valence electrons. The Kier molecular flexibility index (Phi) is 21.1. The number of pyridine rings is 2. The number of esters is 1. The Morgan fingerprint density at radius 2 is 1.13 bits per heavy atom. The SMILES string of the molecule is C=CC(=O)OCCCN(c1cc(C)c(N=Nc2c(C#N)cnn2-c2nc3ccccc3s2)c(Nc2c(C)cc(C)cc2C)n1)c1c(C)cc(C)cc1C.Cc1cc(C)c(Nc2cc(C)c(N=Nc3c(C#N)c(C(C)(C)C)nn3-c3ncccn3)c(Nc3c(C)cc(C)cc3C)n2)c(C)c1. The van der Waals surface area contributed by atoms with Crippen LogP contribution in [0.2, 0.25) is 0 Å². The third-order valence-corrected chi connectivity index (χ3v) is 17.5. The van der Waals surface area contributed by atoms with Gasteiger partial charge in [-0.25, -0.2) is 29.7 Å². The van der Waals surface area contributed by atoms with Gasteiger partial charge in [0, 0.05) is 53.2 Å². The third kappa shape index (κ3) is 15.8. The summed E-state index contributed by atoms with van der Waals surface area (Å²) in [5, 5.41) is 59.6. The van der Waals surface area contributed by atoms with Crippen LogP contribution in [0.25, 0.3) is 21.3 Å². The Bertz CT molecular complexity index is 4950. The van der Waals surface area contributed by atoms with E-state index in [1.807, 2.05) is 71.0 Å². The van der Waals surface area contributed by atoms with Crippen LogP contribution in [0.3, 0.4) is 0 Å². The lowest BCUT2D eigenvalue weighted by molar-refractivity contribution is -0.137. The van der Waals surface area contributed by atoms with Gasteiger partial charge in [0.15, 0.2) is 23.3 Å². The van der Waals surface area contributed by atoms with Crippen LogP contribution in [0.15, 0.2) is 143 Å². The molecule has 0 aliphatic heterocycles. The first-order valence-corrected chi connectivity index (χ1v) is 33.3. The Labute approximate surface area is 582 Å². The van der Waals surface area contributed by atoms with Gasteiger partial charge in [-0.05, 0) is 189 Å². The van der Waals surface area contributed by atoms with Gasteiger partial charge in [-0.15, -0.1) is 20.5 Å². The molecule has 99 heavy (non-hydrogen) atoms. The highest BCUT2D eigenvalue weighted by Gasteiger charge is 2.30. The minimum atomic E-state index is -0.456. The lowest BCUT2D eigenvalue weighted by Crippen LogP contribution is -2.23. The number of aryl methyl sites for hydroxylation is 14. The number of carbonyl (C=O) groups is 1. The monoisotopic (exact) mass is 1340 g/mol. The number of anilines is 8. The maximum atomic E-state index is 11.8. The third-order valence-electron chi connectivity index (χ3n) is 16.5. The molecule has 6 heterocycles. The molecule has 0 unspecified atom stereocenters. The van der Waals surface area contributed by atoms with Crippen LogP contribution in [0.1, 0.15) is 122 Å². The highest BCUT2D eigenvalue weighted by atomic mass is 32.1. The second-order valence-electron chi connectivity index (χ2n) is 26.0. The van der Waals surface area contributed by atoms with Crippen LogP contribution in [0, 0.1) is 120 Å². The van der Waals surface area contributed by atoms with Crippen molar-refractivity contribution in [1.82, 2.24) is 44.5 Å². The first-order chi connectivity index (χ1) is 47.2. The largest absolute Gasteiger partial charge is 0.462 e. The number of para-hydroxylation sites is 1. The van der Waals surface area contributed by atoms with E-state index < -0.39 is 11.4 Å². The summed E-state index contributed by atoms with van der Waals surface area (Å²) in [5.74, 6) is 2.74. The number of thiazole rings is 1. The predicted molar refractivity (Wildman–Crippen MR) is 396 cm³/mol. The predicted octanol–water partition coefficient (Wildman–Crippen LogP) is 19.6. The van der Waals surface area contributed by atoms with Crippen molar-refractivity contribution in [2.24, 2.45) is 20.5 Å². The molecule has 0 atom stereocenters. The fraction of sp³-hybridized carbons (Fsp3) is 0.273. The number of rotatable bonds is 19. The topological polar surface area (TPSA) is 263 Å². The van der Waals surface area contributed by atoms with Gasteiger partial charge >= 0.3 is 5.97 Å². The van der Waals surface area contributed by atoms with Crippen molar-refractivity contribution in [3.63, 3.8) is 0 Å². The first kappa shape index (κ1) is 70.2. The summed E-state index contributed by atoms with van der Waals surface area (Å²) in [4.78, 5) is 37.7. The molecular weight excluding hydrogens is 1260 g/mol. The molecular formula is C77H81N19O2S. The van der Waals surface area contributed by atoms with Gasteiger partial charge in [-0.3, -0.25) is 0 Å². The molecule has 0 amide bonds. The number of aromatic nitrogens is 9. The Balaban J connectivity index is 0.000000216. The van der Waals surface area contributed by atoms with Gasteiger partial charge in [0.2, 0.25) is 5.13 Å². The molecule has 0 saturated carbocycles. The Morgan fingerprint density at radius 3 is 1.66 bits per heavy atom. The zero-order valence-corrected chi connectivity index (χ0v) is 60.0. The minimum absolute atomic E-state index is 0.229. The molecule has 0 saturated heterocycles. The second-order valence-corrected chi connectivity index (χ2v) is 27.0. The number of ether oxygens (including phenoxy) is 1.